The molecule has 0 saturated carbocycles. The van der Waals surface area contributed by atoms with Crippen molar-refractivity contribution in [2.24, 2.45) is 0 Å². The van der Waals surface area contributed by atoms with Crippen molar-refractivity contribution in [2.75, 3.05) is 20.8 Å². The fourth-order valence-electron chi connectivity index (χ4n) is 4.33. The molecular weight excluding hydrogens is 460 g/mol. The number of aromatic nitrogens is 2. The van der Waals surface area contributed by atoms with Gasteiger partial charge in [-0.2, -0.15) is 0 Å². The van der Waals surface area contributed by atoms with Crippen LogP contribution in [0.15, 0.2) is 48.5 Å². The van der Waals surface area contributed by atoms with E-state index < -0.39 is 18.4 Å². The van der Waals surface area contributed by atoms with E-state index in [-0.39, 0.29) is 17.0 Å². The lowest BCUT2D eigenvalue weighted by atomic mass is 10.0. The molecule has 1 N–H and O–H groups in total. The molecule has 0 amide bonds. The number of hydrogen-bond donors (Lipinski definition) is 1. The van der Waals surface area contributed by atoms with E-state index in [0.29, 0.717) is 44.9 Å². The number of carbonyl (C=O) groups is 3. The van der Waals surface area contributed by atoms with E-state index in [0.717, 1.165) is 5.56 Å². The predicted molar refractivity (Wildman–Crippen MR) is 135 cm³/mol. The van der Waals surface area contributed by atoms with Crippen LogP contribution >= 0.6 is 0 Å². The monoisotopic (exact) mass is 486 g/mol. The van der Waals surface area contributed by atoms with E-state index in [1.807, 2.05) is 12.1 Å². The molecule has 0 atom stereocenters. The van der Waals surface area contributed by atoms with Gasteiger partial charge in [0, 0.05) is 22.2 Å². The number of carbonyl (C=O) groups excluding carboxylic acids is 3. The van der Waals surface area contributed by atoms with Crippen LogP contribution in [0.5, 0.6) is 11.5 Å². The topological polar surface area (TPSA) is 108 Å². The molecule has 0 unspecified atom stereocenters. The molecule has 0 spiro atoms. The Morgan fingerprint density at radius 1 is 0.944 bits per heavy atom. The largest absolute Gasteiger partial charge is 0.493 e. The lowest BCUT2D eigenvalue weighted by molar-refractivity contribution is 0.0475. The fourth-order valence-corrected chi connectivity index (χ4v) is 4.33. The van der Waals surface area contributed by atoms with Crippen molar-refractivity contribution < 1.29 is 28.6 Å². The Kier molecular flexibility index (Phi) is 6.87. The standard InChI is InChI=1S/C28H26N2O6/c1-15-26(17(3)31)16(2)29-27(15)23(32)14-36-28(33)20-13-22(30-21-9-7-6-8-19(20)21)18-10-11-24(34-4)25(12-18)35-5/h6-13,29H,14H2,1-5H3. The fraction of sp³-hybridized carbons (Fsp3) is 0.214. The molecule has 184 valence electrons. The van der Waals surface area contributed by atoms with Crippen molar-refractivity contribution in [3.63, 3.8) is 0 Å². The van der Waals surface area contributed by atoms with Crippen molar-refractivity contribution >= 4 is 28.4 Å². The normalized spacial score (nSPS) is 10.8. The van der Waals surface area contributed by atoms with E-state index in [9.17, 15) is 14.4 Å². The van der Waals surface area contributed by atoms with E-state index >= 15 is 0 Å². The SMILES string of the molecule is COc1ccc(-c2cc(C(=O)OCC(=O)c3[nH]c(C)c(C(C)=O)c3C)c3ccccc3n2)cc1OC. The van der Waals surface area contributed by atoms with Crippen LogP contribution in [0.25, 0.3) is 22.2 Å². The molecule has 0 aliphatic carbocycles. The second-order valence-corrected chi connectivity index (χ2v) is 8.32. The summed E-state index contributed by atoms with van der Waals surface area (Å²) in [4.78, 5) is 45.5. The Morgan fingerprint density at radius 3 is 2.33 bits per heavy atom. The maximum Gasteiger partial charge on any atom is 0.339 e. The first-order chi connectivity index (χ1) is 17.2. The predicted octanol–water partition coefficient (Wildman–Crippen LogP) is 5.11. The van der Waals surface area contributed by atoms with Crippen LogP contribution in [-0.2, 0) is 4.74 Å². The van der Waals surface area contributed by atoms with Gasteiger partial charge in [-0.1, -0.05) is 18.2 Å². The van der Waals surface area contributed by atoms with E-state index in [1.165, 1.54) is 6.92 Å². The first-order valence-corrected chi connectivity index (χ1v) is 11.3. The average molecular weight is 487 g/mol. The van der Waals surface area contributed by atoms with Gasteiger partial charge in [-0.05, 0) is 56.7 Å². The number of aromatic amines is 1. The summed E-state index contributed by atoms with van der Waals surface area (Å²) < 4.78 is 16.1. The summed E-state index contributed by atoms with van der Waals surface area (Å²) in [5.41, 5.74) is 4.03. The number of Topliss-reactive ketones (excluding diaryl/α,β-unsaturated/α-hetero) is 2. The number of benzene rings is 2. The van der Waals surface area contributed by atoms with Crippen LogP contribution in [0.4, 0.5) is 0 Å². The van der Waals surface area contributed by atoms with Gasteiger partial charge in [0.05, 0.1) is 36.7 Å². The third-order valence-corrected chi connectivity index (χ3v) is 6.02. The number of H-pyrrole nitrogens is 1. The molecule has 2 aromatic carbocycles. The number of aryl methyl sites for hydroxylation is 1. The molecule has 0 aliphatic rings. The average Bonchev–Trinajstić information content (AvgIpc) is 3.19. The first kappa shape index (κ1) is 24.7. The number of pyridine rings is 1. The quantitative estimate of drug-likeness (QED) is 0.272. The Morgan fingerprint density at radius 2 is 1.67 bits per heavy atom. The van der Waals surface area contributed by atoms with Crippen LogP contribution in [-0.4, -0.2) is 48.3 Å². The van der Waals surface area contributed by atoms with E-state index in [4.69, 9.17) is 19.2 Å². The molecule has 0 aliphatic heterocycles. The van der Waals surface area contributed by atoms with Gasteiger partial charge >= 0.3 is 5.97 Å². The summed E-state index contributed by atoms with van der Waals surface area (Å²) in [6, 6.07) is 14.2. The number of ether oxygens (including phenoxy) is 3. The van der Waals surface area contributed by atoms with Gasteiger partial charge in [0.25, 0.3) is 0 Å². The van der Waals surface area contributed by atoms with Gasteiger partial charge in [0.15, 0.2) is 23.9 Å². The minimum absolute atomic E-state index is 0.136. The number of nitrogens with zero attached hydrogens (tertiary/aromatic N) is 1. The van der Waals surface area contributed by atoms with E-state index in [2.05, 4.69) is 4.98 Å². The highest BCUT2D eigenvalue weighted by molar-refractivity contribution is 6.07. The van der Waals surface area contributed by atoms with Gasteiger partial charge < -0.3 is 19.2 Å². The van der Waals surface area contributed by atoms with Crippen molar-refractivity contribution in [3.05, 3.63) is 76.6 Å². The van der Waals surface area contributed by atoms with Crippen LogP contribution in [0.2, 0.25) is 0 Å². The van der Waals surface area contributed by atoms with Crippen molar-refractivity contribution in [1.29, 1.82) is 0 Å². The second kappa shape index (κ2) is 10.0. The van der Waals surface area contributed by atoms with Gasteiger partial charge in [-0.25, -0.2) is 9.78 Å². The third kappa shape index (κ3) is 4.57. The van der Waals surface area contributed by atoms with Gasteiger partial charge in [-0.15, -0.1) is 0 Å². The van der Waals surface area contributed by atoms with Crippen molar-refractivity contribution in [2.45, 2.75) is 20.8 Å². The summed E-state index contributed by atoms with van der Waals surface area (Å²) in [5.74, 6) is -0.112. The zero-order chi connectivity index (χ0) is 26.0. The van der Waals surface area contributed by atoms with Gasteiger partial charge in [0.1, 0.15) is 0 Å². The summed E-state index contributed by atoms with van der Waals surface area (Å²) in [5, 5.41) is 0.602. The molecule has 0 bridgehead atoms. The van der Waals surface area contributed by atoms with Gasteiger partial charge in [0.2, 0.25) is 5.78 Å². The smallest absolute Gasteiger partial charge is 0.339 e. The number of methoxy groups -OCH3 is 2. The summed E-state index contributed by atoms with van der Waals surface area (Å²) >= 11 is 0. The van der Waals surface area contributed by atoms with Crippen molar-refractivity contribution in [1.82, 2.24) is 9.97 Å². The number of nitrogens with one attached hydrogen (secondary N) is 1. The lowest BCUT2D eigenvalue weighted by Crippen LogP contribution is -2.16. The second-order valence-electron chi connectivity index (χ2n) is 8.32. The van der Waals surface area contributed by atoms with Crippen molar-refractivity contribution in [3.8, 4) is 22.8 Å². The molecule has 0 radical (unpaired) electrons. The van der Waals surface area contributed by atoms with Crippen LogP contribution in [0.1, 0.15) is 49.4 Å². The number of para-hydroxylation sites is 1. The highest BCUT2D eigenvalue weighted by Crippen LogP contribution is 2.33. The maximum absolute atomic E-state index is 13.2. The molecule has 36 heavy (non-hydrogen) atoms. The van der Waals surface area contributed by atoms with Crippen LogP contribution < -0.4 is 9.47 Å². The lowest BCUT2D eigenvalue weighted by Gasteiger charge is -2.12. The zero-order valence-corrected chi connectivity index (χ0v) is 20.7. The molecule has 8 nitrogen and oxygen atoms in total. The molecule has 0 fully saturated rings. The van der Waals surface area contributed by atoms with Gasteiger partial charge in [-0.3, -0.25) is 9.59 Å². The molecule has 8 heteroatoms. The summed E-state index contributed by atoms with van der Waals surface area (Å²) in [6.07, 6.45) is 0. The Labute approximate surface area is 208 Å². The highest BCUT2D eigenvalue weighted by Gasteiger charge is 2.22. The molecular formula is C28H26N2O6. The first-order valence-electron chi connectivity index (χ1n) is 11.3. The Hall–Kier alpha value is -4.46. The Balaban J connectivity index is 1.66. The maximum atomic E-state index is 13.2. The Bertz CT molecular complexity index is 1500. The molecule has 4 aromatic rings. The summed E-state index contributed by atoms with van der Waals surface area (Å²) in [6.45, 7) is 4.40. The number of fused-ring (bicyclic) bond motifs is 1. The van der Waals surface area contributed by atoms with E-state index in [1.54, 1.807) is 64.5 Å². The number of esters is 1. The minimum atomic E-state index is -0.656. The molecule has 4 rings (SSSR count). The summed E-state index contributed by atoms with van der Waals surface area (Å²) in [7, 11) is 3.10. The highest BCUT2D eigenvalue weighted by atomic mass is 16.5. The van der Waals surface area contributed by atoms with Crippen LogP contribution in [0, 0.1) is 13.8 Å². The zero-order valence-electron chi connectivity index (χ0n) is 20.7. The number of ketones is 2. The third-order valence-electron chi connectivity index (χ3n) is 6.02. The minimum Gasteiger partial charge on any atom is -0.493 e. The molecule has 0 saturated heterocycles. The molecule has 2 aromatic heterocycles. The number of rotatable bonds is 8. The van der Waals surface area contributed by atoms with Crippen LogP contribution in [0.3, 0.4) is 0 Å². The number of hydrogen-bond acceptors (Lipinski definition) is 7. The molecule has 2 heterocycles.